The first-order valence-corrected chi connectivity index (χ1v) is 7.43. The van der Waals surface area contributed by atoms with Gasteiger partial charge in [-0.05, 0) is 38.0 Å². The Hall–Kier alpha value is -0.970. The van der Waals surface area contributed by atoms with E-state index in [0.29, 0.717) is 12.1 Å². The van der Waals surface area contributed by atoms with Gasteiger partial charge in [0.1, 0.15) is 5.82 Å². The third kappa shape index (κ3) is 4.01. The van der Waals surface area contributed by atoms with Crippen LogP contribution < -0.4 is 0 Å². The summed E-state index contributed by atoms with van der Waals surface area (Å²) in [6, 6.07) is 7.72. The van der Waals surface area contributed by atoms with Crippen LogP contribution in [0.3, 0.4) is 0 Å². The lowest BCUT2D eigenvalue weighted by molar-refractivity contribution is 0.0349. The van der Waals surface area contributed by atoms with Gasteiger partial charge in [-0.1, -0.05) is 12.1 Å². The molecule has 0 aliphatic carbocycles. The van der Waals surface area contributed by atoms with Crippen molar-refractivity contribution in [1.82, 2.24) is 9.80 Å². The number of hydrogen-bond donors (Lipinski definition) is 1. The Morgan fingerprint density at radius 3 is 2.80 bits per heavy atom. The van der Waals surface area contributed by atoms with Crippen LogP contribution in [0.4, 0.5) is 4.39 Å². The Morgan fingerprint density at radius 1 is 1.35 bits per heavy atom. The molecule has 0 amide bonds. The summed E-state index contributed by atoms with van der Waals surface area (Å²) in [7, 11) is 0. The van der Waals surface area contributed by atoms with Crippen LogP contribution in [0.15, 0.2) is 24.3 Å². The number of hydrogen-bond acceptors (Lipinski definition) is 3. The van der Waals surface area contributed by atoms with Gasteiger partial charge in [-0.15, -0.1) is 0 Å². The van der Waals surface area contributed by atoms with E-state index in [9.17, 15) is 9.50 Å². The highest BCUT2D eigenvalue weighted by Crippen LogP contribution is 2.18. The third-order valence-corrected chi connectivity index (χ3v) is 4.03. The molecule has 1 saturated heterocycles. The van der Waals surface area contributed by atoms with Crippen LogP contribution in [0.25, 0.3) is 0 Å². The molecular weight excluding hydrogens is 255 g/mol. The van der Waals surface area contributed by atoms with E-state index in [-0.39, 0.29) is 12.4 Å². The average molecular weight is 280 g/mol. The molecule has 1 fully saturated rings. The minimum Gasteiger partial charge on any atom is -0.396 e. The lowest BCUT2D eigenvalue weighted by Crippen LogP contribution is -2.55. The van der Waals surface area contributed by atoms with Gasteiger partial charge >= 0.3 is 0 Å². The normalized spacial score (nSPS) is 21.6. The Bertz CT molecular complexity index is 425. The molecule has 0 radical (unpaired) electrons. The first-order valence-electron chi connectivity index (χ1n) is 7.43. The van der Waals surface area contributed by atoms with Gasteiger partial charge < -0.3 is 5.11 Å². The Balaban J connectivity index is 1.97. The molecule has 1 aliphatic heterocycles. The Kier molecular flexibility index (Phi) is 5.52. The molecule has 20 heavy (non-hydrogen) atoms. The van der Waals surface area contributed by atoms with Crippen molar-refractivity contribution in [3.8, 4) is 0 Å². The number of halogens is 1. The molecule has 0 saturated carbocycles. The maximum Gasteiger partial charge on any atom is 0.123 e. The second-order valence-corrected chi connectivity index (χ2v) is 5.86. The quantitative estimate of drug-likeness (QED) is 0.895. The fourth-order valence-corrected chi connectivity index (χ4v) is 3.06. The van der Waals surface area contributed by atoms with Crippen molar-refractivity contribution < 1.29 is 9.50 Å². The number of aliphatic hydroxyl groups is 1. The second-order valence-electron chi connectivity index (χ2n) is 5.86. The summed E-state index contributed by atoms with van der Waals surface area (Å²) in [4.78, 5) is 4.81. The summed E-state index contributed by atoms with van der Waals surface area (Å²) in [5.74, 6) is -0.171. The van der Waals surface area contributed by atoms with Gasteiger partial charge in [-0.2, -0.15) is 0 Å². The van der Waals surface area contributed by atoms with E-state index in [4.69, 9.17) is 0 Å². The molecule has 0 spiro atoms. The number of rotatable bonds is 5. The molecular formula is C16H25FN2O. The van der Waals surface area contributed by atoms with Crippen LogP contribution in [0, 0.1) is 5.82 Å². The van der Waals surface area contributed by atoms with Gasteiger partial charge in [-0.25, -0.2) is 4.39 Å². The summed E-state index contributed by atoms with van der Waals surface area (Å²) < 4.78 is 13.2. The Morgan fingerprint density at radius 2 is 2.15 bits per heavy atom. The Labute approximate surface area is 121 Å². The first kappa shape index (κ1) is 15.4. The largest absolute Gasteiger partial charge is 0.396 e. The van der Waals surface area contributed by atoms with Crippen molar-refractivity contribution in [2.75, 3.05) is 26.2 Å². The smallest absolute Gasteiger partial charge is 0.123 e. The van der Waals surface area contributed by atoms with Crippen molar-refractivity contribution in [3.63, 3.8) is 0 Å². The van der Waals surface area contributed by atoms with Crippen LogP contribution in [0.1, 0.15) is 25.8 Å². The number of nitrogens with zero attached hydrogens (tertiary/aromatic N) is 2. The molecule has 1 N–H and O–H groups in total. The average Bonchev–Trinajstić information content (AvgIpc) is 2.39. The maximum atomic E-state index is 13.2. The van der Waals surface area contributed by atoms with Crippen LogP contribution >= 0.6 is 0 Å². The minimum absolute atomic E-state index is 0.171. The fraction of sp³-hybridized carbons (Fsp3) is 0.625. The van der Waals surface area contributed by atoms with Crippen molar-refractivity contribution in [3.05, 3.63) is 35.6 Å². The van der Waals surface area contributed by atoms with E-state index in [1.54, 1.807) is 12.1 Å². The monoisotopic (exact) mass is 280 g/mol. The lowest BCUT2D eigenvalue weighted by atomic mass is 10.1. The van der Waals surface area contributed by atoms with Gasteiger partial charge in [0.2, 0.25) is 0 Å². The fourth-order valence-electron chi connectivity index (χ4n) is 3.06. The zero-order valence-corrected chi connectivity index (χ0v) is 12.4. The van der Waals surface area contributed by atoms with Crippen LogP contribution in [-0.4, -0.2) is 53.2 Å². The molecule has 1 aromatic rings. The number of piperazine rings is 1. The van der Waals surface area contributed by atoms with Crippen molar-refractivity contribution in [2.45, 2.75) is 38.9 Å². The van der Waals surface area contributed by atoms with Gasteiger partial charge in [0.15, 0.2) is 0 Å². The van der Waals surface area contributed by atoms with E-state index in [1.165, 1.54) is 6.07 Å². The number of aliphatic hydroxyl groups excluding tert-OH is 1. The van der Waals surface area contributed by atoms with E-state index in [0.717, 1.165) is 38.2 Å². The van der Waals surface area contributed by atoms with Gasteiger partial charge in [0, 0.05) is 44.9 Å². The molecule has 2 rings (SSSR count). The molecule has 0 bridgehead atoms. The molecule has 1 aliphatic rings. The van der Waals surface area contributed by atoms with E-state index in [2.05, 4.69) is 23.6 Å². The van der Waals surface area contributed by atoms with Crippen LogP contribution in [0.2, 0.25) is 0 Å². The molecule has 1 heterocycles. The minimum atomic E-state index is -0.171. The summed E-state index contributed by atoms with van der Waals surface area (Å²) in [6.45, 7) is 8.36. The predicted molar refractivity (Wildman–Crippen MR) is 79.0 cm³/mol. The van der Waals surface area contributed by atoms with E-state index < -0.39 is 0 Å². The number of benzene rings is 1. The van der Waals surface area contributed by atoms with Gasteiger partial charge in [0.05, 0.1) is 0 Å². The lowest BCUT2D eigenvalue weighted by Gasteiger charge is -2.43. The zero-order chi connectivity index (χ0) is 14.5. The molecule has 0 aromatic heterocycles. The van der Waals surface area contributed by atoms with E-state index in [1.807, 2.05) is 6.07 Å². The van der Waals surface area contributed by atoms with Crippen molar-refractivity contribution in [1.29, 1.82) is 0 Å². The topological polar surface area (TPSA) is 26.7 Å². The maximum absolute atomic E-state index is 13.2. The van der Waals surface area contributed by atoms with Crippen molar-refractivity contribution in [2.24, 2.45) is 0 Å². The molecule has 4 heteroatoms. The summed E-state index contributed by atoms with van der Waals surface area (Å²) >= 11 is 0. The summed E-state index contributed by atoms with van der Waals surface area (Å²) in [5, 5.41) is 9.24. The standard InChI is InChI=1S/C16H25FN2O/c1-13(2)19-8-7-18(12-16(19)6-9-20)11-14-4-3-5-15(17)10-14/h3-5,10,13,16,20H,6-9,11-12H2,1-2H3/t16-/m1/s1. The molecule has 1 atom stereocenters. The van der Waals surface area contributed by atoms with Crippen molar-refractivity contribution >= 4 is 0 Å². The predicted octanol–water partition coefficient (Wildman–Crippen LogP) is 2.10. The van der Waals surface area contributed by atoms with Crippen LogP contribution in [-0.2, 0) is 6.54 Å². The van der Waals surface area contributed by atoms with E-state index >= 15 is 0 Å². The van der Waals surface area contributed by atoms with Gasteiger partial charge in [-0.3, -0.25) is 9.80 Å². The highest BCUT2D eigenvalue weighted by molar-refractivity contribution is 5.16. The summed E-state index contributed by atoms with van der Waals surface area (Å²) in [5.41, 5.74) is 1.02. The third-order valence-electron chi connectivity index (χ3n) is 4.03. The second kappa shape index (κ2) is 7.16. The van der Waals surface area contributed by atoms with Crippen LogP contribution in [0.5, 0.6) is 0 Å². The molecule has 3 nitrogen and oxygen atoms in total. The zero-order valence-electron chi connectivity index (χ0n) is 12.4. The first-order chi connectivity index (χ1) is 9.60. The summed E-state index contributed by atoms with van der Waals surface area (Å²) in [6.07, 6.45) is 0.803. The molecule has 0 unspecified atom stereocenters. The molecule has 112 valence electrons. The highest BCUT2D eigenvalue weighted by atomic mass is 19.1. The molecule has 1 aromatic carbocycles. The van der Waals surface area contributed by atoms with Gasteiger partial charge in [0.25, 0.3) is 0 Å². The SMILES string of the molecule is CC(C)N1CCN(Cc2cccc(F)c2)C[C@H]1CCO. The highest BCUT2D eigenvalue weighted by Gasteiger charge is 2.28.